The van der Waals surface area contributed by atoms with Crippen molar-refractivity contribution in [1.82, 2.24) is 9.88 Å². The summed E-state index contributed by atoms with van der Waals surface area (Å²) in [6.45, 7) is 0.810. The van der Waals surface area contributed by atoms with Crippen molar-refractivity contribution < 1.29 is 13.2 Å². The number of hydrogen-bond donors (Lipinski definition) is 1. The van der Waals surface area contributed by atoms with Gasteiger partial charge in [0.25, 0.3) is 0 Å². The number of carbonyl (C=O) groups excluding carboxylic acids is 1. The smallest absolute Gasteiger partial charge is 0.239 e. The number of benzene rings is 2. The highest BCUT2D eigenvalue weighted by molar-refractivity contribution is 7.91. The first-order valence-corrected chi connectivity index (χ1v) is 11.7. The van der Waals surface area contributed by atoms with E-state index in [0.29, 0.717) is 17.8 Å². The zero-order valence-corrected chi connectivity index (χ0v) is 17.2. The van der Waals surface area contributed by atoms with E-state index in [-0.39, 0.29) is 22.2 Å². The maximum Gasteiger partial charge on any atom is 0.239 e. The lowest BCUT2D eigenvalue weighted by Gasteiger charge is -2.21. The molecule has 2 aromatic carbocycles. The fourth-order valence-electron chi connectivity index (χ4n) is 4.14. The third-order valence-corrected chi connectivity index (χ3v) is 7.52. The van der Waals surface area contributed by atoms with Crippen LogP contribution in [0.25, 0.3) is 10.9 Å². The third kappa shape index (κ3) is 4.22. The number of sulfone groups is 1. The zero-order chi connectivity index (χ0) is 20.3. The molecule has 1 amide bonds. The van der Waals surface area contributed by atoms with Crippen molar-refractivity contribution >= 4 is 26.6 Å². The summed E-state index contributed by atoms with van der Waals surface area (Å²) in [5.74, 6) is 0.475. The van der Waals surface area contributed by atoms with Gasteiger partial charge in [0.15, 0.2) is 0 Å². The first kappa shape index (κ1) is 19.7. The number of para-hydroxylation sites is 1. The standard InChI is InChI=1S/C23H26N2O3S/c26-23(24-15-18-9-3-1-4-10-18)17-25-16-22(20-13-7-8-14-21(20)25)29(27,28)19-11-5-2-6-12-19/h2,5-8,11-14,16,18H,1,3-4,9-10,15,17H2,(H,24,26). The lowest BCUT2D eigenvalue weighted by Crippen LogP contribution is -2.32. The molecule has 0 bridgehead atoms. The SMILES string of the molecule is O=C(Cn1cc(S(=O)(=O)c2ccccc2)c2ccccc21)NCC1CCCCC1. The van der Waals surface area contributed by atoms with Crippen molar-refractivity contribution in [3.05, 3.63) is 60.8 Å². The summed E-state index contributed by atoms with van der Waals surface area (Å²) in [7, 11) is -3.66. The molecule has 3 aromatic rings. The number of nitrogens with one attached hydrogen (secondary N) is 1. The highest BCUT2D eigenvalue weighted by Gasteiger charge is 2.23. The van der Waals surface area contributed by atoms with Crippen LogP contribution in [0.5, 0.6) is 0 Å². The first-order chi connectivity index (χ1) is 14.1. The minimum Gasteiger partial charge on any atom is -0.354 e. The summed E-state index contributed by atoms with van der Waals surface area (Å²) in [4.78, 5) is 13.0. The molecule has 1 N–H and O–H groups in total. The molecule has 1 fully saturated rings. The molecule has 152 valence electrons. The fraction of sp³-hybridized carbons (Fsp3) is 0.348. The Kier molecular flexibility index (Phi) is 5.72. The van der Waals surface area contributed by atoms with E-state index in [9.17, 15) is 13.2 Å². The van der Waals surface area contributed by atoms with Crippen LogP contribution in [0, 0.1) is 5.92 Å². The molecule has 5 nitrogen and oxygen atoms in total. The summed E-state index contributed by atoms with van der Waals surface area (Å²) >= 11 is 0. The third-order valence-electron chi connectivity index (χ3n) is 5.72. The van der Waals surface area contributed by atoms with Gasteiger partial charge in [0.2, 0.25) is 15.7 Å². The predicted molar refractivity (Wildman–Crippen MR) is 113 cm³/mol. The molecule has 0 unspecified atom stereocenters. The largest absolute Gasteiger partial charge is 0.354 e. The Morgan fingerprint density at radius 1 is 0.966 bits per heavy atom. The van der Waals surface area contributed by atoms with Crippen molar-refractivity contribution in [3.8, 4) is 0 Å². The number of hydrogen-bond acceptors (Lipinski definition) is 3. The number of carbonyl (C=O) groups is 1. The summed E-state index contributed by atoms with van der Waals surface area (Å²) in [6, 6.07) is 15.7. The minimum absolute atomic E-state index is 0.0833. The van der Waals surface area contributed by atoms with Crippen LogP contribution < -0.4 is 5.32 Å². The maximum absolute atomic E-state index is 13.2. The molecule has 1 saturated carbocycles. The van der Waals surface area contributed by atoms with Crippen LogP contribution in [0.3, 0.4) is 0 Å². The van der Waals surface area contributed by atoms with Gasteiger partial charge in [-0.15, -0.1) is 0 Å². The average Bonchev–Trinajstić information content (AvgIpc) is 3.13. The Labute approximate surface area is 171 Å². The Morgan fingerprint density at radius 3 is 2.41 bits per heavy atom. The van der Waals surface area contributed by atoms with Gasteiger partial charge < -0.3 is 9.88 Å². The van der Waals surface area contributed by atoms with Crippen LogP contribution in [0.15, 0.2) is 70.6 Å². The Balaban J connectivity index is 1.58. The second kappa shape index (κ2) is 8.41. The number of nitrogens with zero attached hydrogens (tertiary/aromatic N) is 1. The second-order valence-corrected chi connectivity index (χ2v) is 9.68. The average molecular weight is 411 g/mol. The van der Waals surface area contributed by atoms with Crippen LogP contribution in [0.1, 0.15) is 32.1 Å². The minimum atomic E-state index is -3.66. The second-order valence-electron chi connectivity index (χ2n) is 7.76. The normalized spacial score (nSPS) is 15.4. The monoisotopic (exact) mass is 410 g/mol. The number of fused-ring (bicyclic) bond motifs is 1. The van der Waals surface area contributed by atoms with Gasteiger partial charge in [0.1, 0.15) is 6.54 Å². The van der Waals surface area contributed by atoms with E-state index < -0.39 is 9.84 Å². The van der Waals surface area contributed by atoms with Gasteiger partial charge in [-0.1, -0.05) is 55.7 Å². The summed E-state index contributed by atoms with van der Waals surface area (Å²) in [6.07, 6.45) is 7.71. The lowest BCUT2D eigenvalue weighted by molar-refractivity contribution is -0.121. The lowest BCUT2D eigenvalue weighted by atomic mass is 9.89. The molecule has 0 radical (unpaired) electrons. The number of aromatic nitrogens is 1. The van der Waals surface area contributed by atoms with Crippen molar-refractivity contribution in [3.63, 3.8) is 0 Å². The molecule has 29 heavy (non-hydrogen) atoms. The molecule has 1 aliphatic rings. The van der Waals surface area contributed by atoms with Crippen LogP contribution in [0.2, 0.25) is 0 Å². The van der Waals surface area contributed by atoms with E-state index in [1.807, 2.05) is 18.2 Å². The molecular formula is C23H26N2O3S. The molecule has 0 aliphatic heterocycles. The van der Waals surface area contributed by atoms with Crippen LogP contribution in [0.4, 0.5) is 0 Å². The topological polar surface area (TPSA) is 68.2 Å². The van der Waals surface area contributed by atoms with Gasteiger partial charge in [-0.2, -0.15) is 0 Å². The van der Waals surface area contributed by atoms with Gasteiger partial charge in [-0.05, 0) is 37.0 Å². The van der Waals surface area contributed by atoms with E-state index in [2.05, 4.69) is 5.32 Å². The summed E-state index contributed by atoms with van der Waals surface area (Å²) in [5.41, 5.74) is 0.745. The van der Waals surface area contributed by atoms with Crippen molar-refractivity contribution in [2.75, 3.05) is 6.54 Å². The number of amides is 1. The summed E-state index contributed by atoms with van der Waals surface area (Å²) in [5, 5.41) is 3.67. The highest BCUT2D eigenvalue weighted by Crippen LogP contribution is 2.30. The van der Waals surface area contributed by atoms with Gasteiger partial charge in [0.05, 0.1) is 9.79 Å². The fourth-order valence-corrected chi connectivity index (χ4v) is 5.64. The van der Waals surface area contributed by atoms with Crippen molar-refractivity contribution in [2.24, 2.45) is 5.92 Å². The van der Waals surface area contributed by atoms with E-state index in [1.165, 1.54) is 32.1 Å². The molecule has 1 aliphatic carbocycles. The molecule has 6 heteroatoms. The van der Waals surface area contributed by atoms with Crippen molar-refractivity contribution in [1.29, 1.82) is 0 Å². The van der Waals surface area contributed by atoms with Gasteiger partial charge in [-0.25, -0.2) is 8.42 Å². The molecule has 0 atom stereocenters. The molecule has 0 spiro atoms. The molecule has 4 rings (SSSR count). The van der Waals surface area contributed by atoms with Gasteiger partial charge in [0, 0.05) is 23.6 Å². The summed E-state index contributed by atoms with van der Waals surface area (Å²) < 4.78 is 28.1. The highest BCUT2D eigenvalue weighted by atomic mass is 32.2. The Bertz CT molecular complexity index is 1100. The van der Waals surface area contributed by atoms with Gasteiger partial charge in [-0.3, -0.25) is 4.79 Å². The van der Waals surface area contributed by atoms with Crippen molar-refractivity contribution in [2.45, 2.75) is 48.4 Å². The predicted octanol–water partition coefficient (Wildman–Crippen LogP) is 4.17. The van der Waals surface area contributed by atoms with E-state index in [0.717, 1.165) is 5.52 Å². The van der Waals surface area contributed by atoms with Gasteiger partial charge >= 0.3 is 0 Å². The quantitative estimate of drug-likeness (QED) is 0.663. The molecular weight excluding hydrogens is 384 g/mol. The Hall–Kier alpha value is -2.60. The van der Waals surface area contributed by atoms with Crippen LogP contribution >= 0.6 is 0 Å². The number of rotatable bonds is 6. The van der Waals surface area contributed by atoms with E-state index in [4.69, 9.17) is 0 Å². The molecule has 0 saturated heterocycles. The maximum atomic E-state index is 13.2. The molecule has 1 aromatic heterocycles. The first-order valence-electron chi connectivity index (χ1n) is 10.2. The van der Waals surface area contributed by atoms with Crippen LogP contribution in [-0.4, -0.2) is 25.4 Å². The van der Waals surface area contributed by atoms with Crippen LogP contribution in [-0.2, 0) is 21.2 Å². The molecule has 1 heterocycles. The van der Waals surface area contributed by atoms with E-state index in [1.54, 1.807) is 47.2 Å². The van der Waals surface area contributed by atoms with E-state index >= 15 is 0 Å². The Morgan fingerprint density at radius 2 is 1.66 bits per heavy atom. The zero-order valence-electron chi connectivity index (χ0n) is 16.4.